The number of amides is 2. The standard InChI is InChI=1S/C24H21N3O4S/c1-13-21(16-4-6-18-15(10-16)8-9-27(18)23(29)14-2-3-14)25-24(32-13)26-22(28)17-5-7-19-20(11-17)31-12-30-19/h4-7,10-11,14H,2-3,8-9,12H2,1H3,(H,25,26,28). The summed E-state index contributed by atoms with van der Waals surface area (Å²) in [4.78, 5) is 32.9. The second kappa shape index (κ2) is 7.34. The third-order valence-corrected chi connectivity index (χ3v) is 6.98. The van der Waals surface area contributed by atoms with Gasteiger partial charge in [0.2, 0.25) is 12.7 Å². The number of thiazole rings is 1. The molecule has 2 amide bonds. The molecule has 6 rings (SSSR count). The highest BCUT2D eigenvalue weighted by atomic mass is 32.1. The molecule has 3 aromatic rings. The first kappa shape index (κ1) is 19.3. The largest absolute Gasteiger partial charge is 0.454 e. The Morgan fingerprint density at radius 1 is 1.12 bits per heavy atom. The number of nitrogens with zero attached hydrogens (tertiary/aromatic N) is 2. The molecule has 2 aromatic carbocycles. The molecule has 1 saturated carbocycles. The van der Waals surface area contributed by atoms with Crippen LogP contribution >= 0.6 is 11.3 Å². The summed E-state index contributed by atoms with van der Waals surface area (Å²) in [6.45, 7) is 2.92. The van der Waals surface area contributed by atoms with Crippen molar-refractivity contribution in [3.63, 3.8) is 0 Å². The molecule has 0 unspecified atom stereocenters. The van der Waals surface area contributed by atoms with E-state index in [0.717, 1.165) is 47.6 Å². The SMILES string of the molecule is Cc1sc(NC(=O)c2ccc3c(c2)OCO3)nc1-c1ccc2c(c1)CCN2C(=O)C1CC1. The van der Waals surface area contributed by atoms with E-state index in [0.29, 0.717) is 22.2 Å². The van der Waals surface area contributed by atoms with Gasteiger partial charge < -0.3 is 14.4 Å². The molecule has 0 radical (unpaired) electrons. The quantitative estimate of drug-likeness (QED) is 0.641. The Balaban J connectivity index is 1.22. The van der Waals surface area contributed by atoms with E-state index in [1.54, 1.807) is 18.2 Å². The number of rotatable bonds is 4. The van der Waals surface area contributed by atoms with Crippen LogP contribution in [0, 0.1) is 12.8 Å². The smallest absolute Gasteiger partial charge is 0.257 e. The molecule has 1 fully saturated rings. The molecule has 0 spiro atoms. The maximum atomic E-state index is 12.7. The van der Waals surface area contributed by atoms with Crippen molar-refractivity contribution in [1.82, 2.24) is 4.98 Å². The highest BCUT2D eigenvalue weighted by Crippen LogP contribution is 2.39. The Hall–Kier alpha value is -3.39. The lowest BCUT2D eigenvalue weighted by atomic mass is 10.1. The van der Waals surface area contributed by atoms with Gasteiger partial charge in [-0.1, -0.05) is 6.07 Å². The van der Waals surface area contributed by atoms with Gasteiger partial charge in [0.15, 0.2) is 16.6 Å². The summed E-state index contributed by atoms with van der Waals surface area (Å²) < 4.78 is 10.7. The number of carbonyl (C=O) groups excluding carboxylic acids is 2. The summed E-state index contributed by atoms with van der Waals surface area (Å²) in [5.41, 5.74) is 4.54. The van der Waals surface area contributed by atoms with Crippen molar-refractivity contribution in [2.45, 2.75) is 26.2 Å². The first-order valence-corrected chi connectivity index (χ1v) is 11.5. The number of aryl methyl sites for hydroxylation is 1. The van der Waals surface area contributed by atoms with E-state index in [1.165, 1.54) is 16.9 Å². The van der Waals surface area contributed by atoms with Crippen LogP contribution in [0.1, 0.15) is 33.6 Å². The maximum Gasteiger partial charge on any atom is 0.257 e. The second-order valence-electron chi connectivity index (χ2n) is 8.30. The Kier molecular flexibility index (Phi) is 4.43. The zero-order valence-electron chi connectivity index (χ0n) is 17.5. The first-order chi connectivity index (χ1) is 15.6. The minimum atomic E-state index is -0.244. The Morgan fingerprint density at radius 3 is 2.81 bits per heavy atom. The fraction of sp³-hybridized carbons (Fsp3) is 0.292. The van der Waals surface area contributed by atoms with Gasteiger partial charge in [0.1, 0.15) is 0 Å². The molecular formula is C24H21N3O4S. The third-order valence-electron chi connectivity index (χ3n) is 6.09. The number of aromatic nitrogens is 1. The summed E-state index contributed by atoms with van der Waals surface area (Å²) in [6, 6.07) is 11.3. The van der Waals surface area contributed by atoms with Crippen molar-refractivity contribution < 1.29 is 19.1 Å². The van der Waals surface area contributed by atoms with Gasteiger partial charge in [-0.3, -0.25) is 14.9 Å². The van der Waals surface area contributed by atoms with Gasteiger partial charge in [-0.2, -0.15) is 0 Å². The van der Waals surface area contributed by atoms with E-state index < -0.39 is 0 Å². The van der Waals surface area contributed by atoms with Crippen LogP contribution in [0.4, 0.5) is 10.8 Å². The van der Waals surface area contributed by atoms with Gasteiger partial charge in [0, 0.05) is 34.2 Å². The van der Waals surface area contributed by atoms with Gasteiger partial charge in [0.25, 0.3) is 5.91 Å². The van der Waals surface area contributed by atoms with E-state index >= 15 is 0 Å². The monoisotopic (exact) mass is 447 g/mol. The Bertz CT molecular complexity index is 1260. The van der Waals surface area contributed by atoms with Gasteiger partial charge in [-0.25, -0.2) is 4.98 Å². The normalized spacial score (nSPS) is 16.2. The third kappa shape index (κ3) is 3.31. The molecule has 0 saturated heterocycles. The lowest BCUT2D eigenvalue weighted by molar-refractivity contribution is -0.119. The summed E-state index contributed by atoms with van der Waals surface area (Å²) >= 11 is 1.45. The number of ether oxygens (including phenoxy) is 2. The molecule has 1 N–H and O–H groups in total. The molecule has 0 bridgehead atoms. The summed E-state index contributed by atoms with van der Waals surface area (Å²) in [7, 11) is 0. The summed E-state index contributed by atoms with van der Waals surface area (Å²) in [6.07, 6.45) is 2.89. The predicted molar refractivity (Wildman–Crippen MR) is 122 cm³/mol. The molecule has 1 aromatic heterocycles. The molecule has 0 atom stereocenters. The van der Waals surface area contributed by atoms with E-state index in [4.69, 9.17) is 9.47 Å². The summed E-state index contributed by atoms with van der Waals surface area (Å²) in [5, 5.41) is 3.44. The van der Waals surface area contributed by atoms with E-state index in [2.05, 4.69) is 16.4 Å². The van der Waals surface area contributed by atoms with Crippen molar-refractivity contribution in [3.05, 3.63) is 52.4 Å². The lowest BCUT2D eigenvalue weighted by Gasteiger charge is -2.17. The highest BCUT2D eigenvalue weighted by molar-refractivity contribution is 7.16. The number of fused-ring (bicyclic) bond motifs is 2. The van der Waals surface area contributed by atoms with Gasteiger partial charge in [-0.15, -0.1) is 11.3 Å². The highest BCUT2D eigenvalue weighted by Gasteiger charge is 2.36. The van der Waals surface area contributed by atoms with Gasteiger partial charge >= 0.3 is 0 Å². The number of hydrogen-bond acceptors (Lipinski definition) is 6. The van der Waals surface area contributed by atoms with E-state index in [9.17, 15) is 9.59 Å². The fourth-order valence-electron chi connectivity index (χ4n) is 4.25. The molecule has 7 nitrogen and oxygen atoms in total. The zero-order valence-corrected chi connectivity index (χ0v) is 18.3. The molecular weight excluding hydrogens is 426 g/mol. The van der Waals surface area contributed by atoms with Crippen LogP contribution in [0.5, 0.6) is 11.5 Å². The van der Waals surface area contributed by atoms with Crippen LogP contribution in [-0.4, -0.2) is 30.1 Å². The average Bonchev–Trinajstić information content (AvgIpc) is 3.22. The van der Waals surface area contributed by atoms with Gasteiger partial charge in [0.05, 0.1) is 5.69 Å². The van der Waals surface area contributed by atoms with Crippen molar-refractivity contribution >= 4 is 34.0 Å². The molecule has 3 heterocycles. The number of carbonyl (C=O) groups is 2. The predicted octanol–water partition coefficient (Wildman–Crippen LogP) is 4.40. The number of benzene rings is 2. The van der Waals surface area contributed by atoms with Crippen LogP contribution in [0.3, 0.4) is 0 Å². The first-order valence-electron chi connectivity index (χ1n) is 10.7. The van der Waals surface area contributed by atoms with Crippen molar-refractivity contribution in [1.29, 1.82) is 0 Å². The molecule has 162 valence electrons. The van der Waals surface area contributed by atoms with Crippen molar-refractivity contribution in [3.8, 4) is 22.8 Å². The minimum Gasteiger partial charge on any atom is -0.454 e. The van der Waals surface area contributed by atoms with Crippen LogP contribution in [0.2, 0.25) is 0 Å². The summed E-state index contributed by atoms with van der Waals surface area (Å²) in [5.74, 6) is 1.45. The second-order valence-corrected chi connectivity index (χ2v) is 9.51. The number of hydrogen-bond donors (Lipinski definition) is 1. The molecule has 3 aliphatic rings. The minimum absolute atomic E-state index is 0.169. The Morgan fingerprint density at radius 2 is 1.97 bits per heavy atom. The van der Waals surface area contributed by atoms with Crippen LogP contribution < -0.4 is 19.7 Å². The van der Waals surface area contributed by atoms with Crippen LogP contribution in [0.15, 0.2) is 36.4 Å². The fourth-order valence-corrected chi connectivity index (χ4v) is 5.08. The lowest BCUT2D eigenvalue weighted by Crippen LogP contribution is -2.30. The van der Waals surface area contributed by atoms with E-state index in [-0.39, 0.29) is 24.5 Å². The van der Waals surface area contributed by atoms with E-state index in [1.807, 2.05) is 24.0 Å². The average molecular weight is 448 g/mol. The number of anilines is 2. The van der Waals surface area contributed by atoms with Crippen molar-refractivity contribution in [2.75, 3.05) is 23.6 Å². The molecule has 8 heteroatoms. The topological polar surface area (TPSA) is 80.8 Å². The molecule has 2 aliphatic heterocycles. The molecule has 1 aliphatic carbocycles. The number of nitrogens with one attached hydrogen (secondary N) is 1. The molecule has 32 heavy (non-hydrogen) atoms. The maximum absolute atomic E-state index is 12.7. The van der Waals surface area contributed by atoms with Gasteiger partial charge in [-0.05, 0) is 62.1 Å². The Labute approximate surface area is 189 Å². The van der Waals surface area contributed by atoms with Crippen LogP contribution in [0.25, 0.3) is 11.3 Å². The van der Waals surface area contributed by atoms with Crippen LogP contribution in [-0.2, 0) is 11.2 Å². The zero-order chi connectivity index (χ0) is 21.8. The van der Waals surface area contributed by atoms with Crippen molar-refractivity contribution in [2.24, 2.45) is 5.92 Å².